The summed E-state index contributed by atoms with van der Waals surface area (Å²) in [5.74, 6) is 2.19. The average molecular weight is 517 g/mol. The van der Waals surface area contributed by atoms with E-state index < -0.39 is 0 Å². The first-order valence-corrected chi connectivity index (χ1v) is 13.6. The third-order valence-corrected chi connectivity index (χ3v) is 8.16. The summed E-state index contributed by atoms with van der Waals surface area (Å²) < 4.78 is 7.36. The lowest BCUT2D eigenvalue weighted by Crippen LogP contribution is -2.53. The van der Waals surface area contributed by atoms with Crippen LogP contribution in [0, 0.1) is 0 Å². The van der Waals surface area contributed by atoms with Crippen LogP contribution in [-0.4, -0.2) is 92.7 Å². The highest BCUT2D eigenvalue weighted by Crippen LogP contribution is 2.37. The van der Waals surface area contributed by atoms with Gasteiger partial charge in [0.2, 0.25) is 5.91 Å². The first-order valence-electron chi connectivity index (χ1n) is 13.6. The van der Waals surface area contributed by atoms with Gasteiger partial charge in [0.25, 0.3) is 0 Å². The summed E-state index contributed by atoms with van der Waals surface area (Å²) in [7, 11) is 1.66. The molecule has 2 aliphatic rings. The number of hydrogen-bond acceptors (Lipinski definition) is 7. The number of carbonyl (C=O) groups excluding carboxylic acids is 1. The Hall–Kier alpha value is -3.66. The topological polar surface area (TPSA) is 94.9 Å². The molecule has 2 fully saturated rings. The van der Waals surface area contributed by atoms with Crippen molar-refractivity contribution in [1.29, 1.82) is 0 Å². The molecule has 10 nitrogen and oxygen atoms in total. The van der Waals surface area contributed by atoms with Gasteiger partial charge in [0, 0.05) is 69.6 Å². The highest BCUT2D eigenvalue weighted by molar-refractivity contribution is 5.90. The van der Waals surface area contributed by atoms with Gasteiger partial charge in [-0.3, -0.25) is 9.69 Å². The van der Waals surface area contributed by atoms with Gasteiger partial charge in [0.05, 0.1) is 23.8 Å². The average Bonchev–Trinajstić information content (AvgIpc) is 3.57. The molecule has 0 atom stereocenters. The molecule has 38 heavy (non-hydrogen) atoms. The molecule has 6 rings (SSSR count). The Morgan fingerprint density at radius 3 is 2.55 bits per heavy atom. The van der Waals surface area contributed by atoms with Crippen molar-refractivity contribution in [1.82, 2.24) is 34.4 Å². The number of anilines is 1. The number of ether oxygens (including phenoxy) is 1. The molecule has 0 unspecified atom stereocenters. The maximum Gasteiger partial charge on any atom is 0.219 e. The maximum absolute atomic E-state index is 11.7. The van der Waals surface area contributed by atoms with Crippen LogP contribution in [0.4, 0.5) is 5.82 Å². The van der Waals surface area contributed by atoms with Crippen LogP contribution in [0.15, 0.2) is 30.7 Å². The molecule has 200 valence electrons. The third-order valence-electron chi connectivity index (χ3n) is 8.16. The molecule has 0 spiro atoms. The SMILES string of the molecule is COc1cc(-c2[nH]c3ccc(N4CCN(C5CCN(C(C)=O)CC5)CC4)nc3c2C(C)C)cn2ncnc12. The van der Waals surface area contributed by atoms with Crippen LogP contribution in [0.1, 0.15) is 45.1 Å². The number of aromatic amines is 1. The van der Waals surface area contributed by atoms with Crippen LogP contribution in [-0.2, 0) is 4.79 Å². The number of carbonyl (C=O) groups is 1. The fourth-order valence-electron chi connectivity index (χ4n) is 6.09. The molecule has 1 amide bonds. The number of likely N-dealkylation sites (tertiary alicyclic amines) is 1. The van der Waals surface area contributed by atoms with E-state index in [9.17, 15) is 4.79 Å². The number of rotatable bonds is 5. The Balaban J connectivity index is 1.25. The van der Waals surface area contributed by atoms with Crippen molar-refractivity contribution in [3.8, 4) is 17.0 Å². The smallest absolute Gasteiger partial charge is 0.219 e. The number of nitrogens with zero attached hydrogens (tertiary/aromatic N) is 7. The Kier molecular flexibility index (Phi) is 6.43. The minimum absolute atomic E-state index is 0.196. The molecule has 1 N–H and O–H groups in total. The first kappa shape index (κ1) is 24.7. The lowest BCUT2D eigenvalue weighted by Gasteiger charge is -2.43. The quantitative estimate of drug-likeness (QED) is 0.434. The largest absolute Gasteiger partial charge is 0.493 e. The van der Waals surface area contributed by atoms with E-state index in [0.717, 1.165) is 80.2 Å². The summed E-state index contributed by atoms with van der Waals surface area (Å²) in [4.78, 5) is 31.8. The molecular formula is C28H36N8O2. The van der Waals surface area contributed by atoms with Crippen LogP contribution in [0.3, 0.4) is 0 Å². The Morgan fingerprint density at radius 2 is 1.87 bits per heavy atom. The van der Waals surface area contributed by atoms with Gasteiger partial charge >= 0.3 is 0 Å². The zero-order valence-electron chi connectivity index (χ0n) is 22.6. The second-order valence-corrected chi connectivity index (χ2v) is 10.7. The van der Waals surface area contributed by atoms with E-state index in [-0.39, 0.29) is 11.8 Å². The number of fused-ring (bicyclic) bond motifs is 2. The summed E-state index contributed by atoms with van der Waals surface area (Å²) in [5.41, 5.74) is 5.97. The maximum atomic E-state index is 11.7. The Morgan fingerprint density at radius 1 is 1.11 bits per heavy atom. The fourth-order valence-corrected chi connectivity index (χ4v) is 6.09. The lowest BCUT2D eigenvalue weighted by molar-refractivity contribution is -0.130. The number of hydrogen-bond donors (Lipinski definition) is 1. The highest BCUT2D eigenvalue weighted by Gasteiger charge is 2.29. The van der Waals surface area contributed by atoms with Crippen LogP contribution in [0.2, 0.25) is 0 Å². The summed E-state index contributed by atoms with van der Waals surface area (Å²) in [6.45, 7) is 11.8. The lowest BCUT2D eigenvalue weighted by atomic mass is 9.99. The number of aromatic nitrogens is 5. The summed E-state index contributed by atoms with van der Waals surface area (Å²) in [6, 6.07) is 6.88. The van der Waals surface area contributed by atoms with Crippen molar-refractivity contribution in [2.75, 3.05) is 51.3 Å². The predicted molar refractivity (Wildman–Crippen MR) is 148 cm³/mol. The number of piperazine rings is 1. The van der Waals surface area contributed by atoms with Crippen molar-refractivity contribution in [3.63, 3.8) is 0 Å². The standard InChI is InChI=1S/C28H36N8O2/c1-18(2)25-26(20-15-23(38-4)28-29-17-30-36(28)16-20)31-22-5-6-24(32-27(22)25)35-13-11-34(12-14-35)21-7-9-33(10-8-21)19(3)37/h5-6,15-18,21,31H,7-14H2,1-4H3. The minimum Gasteiger partial charge on any atom is -0.493 e. The summed E-state index contributed by atoms with van der Waals surface area (Å²) in [5, 5.41) is 4.34. The first-order chi connectivity index (χ1) is 18.4. The summed E-state index contributed by atoms with van der Waals surface area (Å²) >= 11 is 0. The summed E-state index contributed by atoms with van der Waals surface area (Å²) in [6.07, 6.45) is 5.67. The molecule has 0 aromatic carbocycles. The van der Waals surface area contributed by atoms with E-state index in [0.29, 0.717) is 17.4 Å². The van der Waals surface area contributed by atoms with Gasteiger partial charge in [0.1, 0.15) is 12.1 Å². The number of piperidine rings is 1. The van der Waals surface area contributed by atoms with Crippen molar-refractivity contribution < 1.29 is 9.53 Å². The van der Waals surface area contributed by atoms with Crippen LogP contribution >= 0.6 is 0 Å². The molecule has 2 aliphatic heterocycles. The zero-order valence-corrected chi connectivity index (χ0v) is 22.6. The van der Waals surface area contributed by atoms with Gasteiger partial charge in [0.15, 0.2) is 11.4 Å². The Labute approximate surface area is 222 Å². The van der Waals surface area contributed by atoms with E-state index in [2.05, 4.69) is 50.8 Å². The molecule has 0 bridgehead atoms. The molecular weight excluding hydrogens is 480 g/mol. The van der Waals surface area contributed by atoms with Crippen LogP contribution in [0.5, 0.6) is 5.75 Å². The minimum atomic E-state index is 0.196. The predicted octanol–water partition coefficient (Wildman–Crippen LogP) is 3.54. The number of pyridine rings is 2. The van der Waals surface area contributed by atoms with Crippen molar-refractivity contribution in [3.05, 3.63) is 36.3 Å². The monoisotopic (exact) mass is 516 g/mol. The van der Waals surface area contributed by atoms with E-state index in [1.807, 2.05) is 17.2 Å². The molecule has 10 heteroatoms. The highest BCUT2D eigenvalue weighted by atomic mass is 16.5. The second-order valence-electron chi connectivity index (χ2n) is 10.7. The van der Waals surface area contributed by atoms with Gasteiger partial charge in [-0.05, 0) is 37.0 Å². The van der Waals surface area contributed by atoms with Crippen LogP contribution < -0.4 is 9.64 Å². The number of H-pyrrole nitrogens is 1. The van der Waals surface area contributed by atoms with E-state index in [1.165, 1.54) is 5.56 Å². The Bertz CT molecular complexity index is 1460. The van der Waals surface area contributed by atoms with Crippen molar-refractivity contribution in [2.45, 2.75) is 45.6 Å². The van der Waals surface area contributed by atoms with Crippen LogP contribution in [0.25, 0.3) is 27.9 Å². The molecule has 0 saturated carbocycles. The molecule has 2 saturated heterocycles. The van der Waals surface area contributed by atoms with E-state index >= 15 is 0 Å². The molecule has 0 aliphatic carbocycles. The molecule has 4 aromatic rings. The van der Waals surface area contributed by atoms with E-state index in [1.54, 1.807) is 24.9 Å². The molecule has 4 aromatic heterocycles. The zero-order chi connectivity index (χ0) is 26.4. The van der Waals surface area contributed by atoms with Crippen molar-refractivity contribution >= 4 is 28.4 Å². The van der Waals surface area contributed by atoms with Gasteiger partial charge in [-0.1, -0.05) is 13.8 Å². The fraction of sp³-hybridized carbons (Fsp3) is 0.500. The third kappa shape index (κ3) is 4.36. The molecule has 0 radical (unpaired) electrons. The number of nitrogens with one attached hydrogen (secondary N) is 1. The number of methoxy groups -OCH3 is 1. The number of amides is 1. The van der Waals surface area contributed by atoms with Gasteiger partial charge < -0.3 is 19.5 Å². The van der Waals surface area contributed by atoms with Gasteiger partial charge in [-0.2, -0.15) is 5.10 Å². The van der Waals surface area contributed by atoms with Crippen molar-refractivity contribution in [2.24, 2.45) is 0 Å². The second kappa shape index (κ2) is 9.90. The normalized spacial score (nSPS) is 17.7. The van der Waals surface area contributed by atoms with E-state index in [4.69, 9.17) is 9.72 Å². The molecule has 6 heterocycles. The van der Waals surface area contributed by atoms with Gasteiger partial charge in [-0.15, -0.1) is 0 Å². The van der Waals surface area contributed by atoms with Gasteiger partial charge in [-0.25, -0.2) is 14.5 Å².